The molecule has 1 atom stereocenters. The van der Waals surface area contributed by atoms with Crippen LogP contribution in [-0.4, -0.2) is 24.9 Å². The number of amides is 1. The van der Waals surface area contributed by atoms with E-state index in [0.29, 0.717) is 0 Å². The first-order valence-corrected chi connectivity index (χ1v) is 10.6. The summed E-state index contributed by atoms with van der Waals surface area (Å²) >= 11 is 0. The molecule has 1 radical (unpaired) electrons. The van der Waals surface area contributed by atoms with Crippen molar-refractivity contribution in [1.29, 1.82) is 0 Å². The topological polar surface area (TPSA) is 20.3 Å². The molecule has 0 saturated heterocycles. The lowest BCUT2D eigenvalue weighted by molar-refractivity contribution is 0.0827. The molecular formula is C28H26NO. The van der Waals surface area contributed by atoms with Crippen molar-refractivity contribution < 1.29 is 4.79 Å². The monoisotopic (exact) mass is 392 g/mol. The number of carbonyl (C=O) groups is 1. The molecule has 0 spiro atoms. The van der Waals surface area contributed by atoms with Gasteiger partial charge in [-0.3, -0.25) is 4.79 Å². The Kier molecular flexibility index (Phi) is 4.58. The SMILES string of the molecule is CN(C)C(=O)c1ccc(C[C@@]2(C3=Cc4ccccc4C3)[CH]c3ccccc3C2)cc1. The molecular weight excluding hydrogens is 366 g/mol. The largest absolute Gasteiger partial charge is 0.345 e. The average molecular weight is 393 g/mol. The van der Waals surface area contributed by atoms with Gasteiger partial charge < -0.3 is 4.90 Å². The molecule has 0 saturated carbocycles. The third-order valence-corrected chi connectivity index (χ3v) is 6.52. The van der Waals surface area contributed by atoms with Crippen LogP contribution in [0.3, 0.4) is 0 Å². The quantitative estimate of drug-likeness (QED) is 0.585. The van der Waals surface area contributed by atoms with Crippen molar-refractivity contribution >= 4 is 12.0 Å². The van der Waals surface area contributed by atoms with E-state index in [-0.39, 0.29) is 11.3 Å². The lowest BCUT2D eigenvalue weighted by atomic mass is 9.72. The smallest absolute Gasteiger partial charge is 0.253 e. The number of hydrogen-bond acceptors (Lipinski definition) is 1. The van der Waals surface area contributed by atoms with Crippen molar-refractivity contribution in [3.63, 3.8) is 0 Å². The van der Waals surface area contributed by atoms with Crippen molar-refractivity contribution in [1.82, 2.24) is 4.90 Å². The van der Waals surface area contributed by atoms with Crippen LogP contribution < -0.4 is 0 Å². The minimum Gasteiger partial charge on any atom is -0.345 e. The summed E-state index contributed by atoms with van der Waals surface area (Å²) in [6.45, 7) is 0. The molecule has 2 aliphatic carbocycles. The molecule has 3 aromatic carbocycles. The minimum atomic E-state index is -0.0181. The van der Waals surface area contributed by atoms with Crippen LogP contribution >= 0.6 is 0 Å². The van der Waals surface area contributed by atoms with E-state index < -0.39 is 0 Å². The number of nitrogens with zero attached hydrogens (tertiary/aromatic N) is 1. The van der Waals surface area contributed by atoms with E-state index in [2.05, 4.69) is 73.2 Å². The number of carbonyl (C=O) groups excluding carboxylic acids is 1. The molecule has 149 valence electrons. The Labute approximate surface area is 178 Å². The maximum Gasteiger partial charge on any atom is 0.253 e. The van der Waals surface area contributed by atoms with Gasteiger partial charge in [-0.1, -0.05) is 72.3 Å². The number of rotatable bonds is 4. The minimum absolute atomic E-state index is 0.0181. The summed E-state index contributed by atoms with van der Waals surface area (Å²) < 4.78 is 0. The summed E-state index contributed by atoms with van der Waals surface area (Å²) in [6, 6.07) is 25.7. The van der Waals surface area contributed by atoms with Gasteiger partial charge in [0, 0.05) is 31.5 Å². The third-order valence-electron chi connectivity index (χ3n) is 6.52. The lowest BCUT2D eigenvalue weighted by Gasteiger charge is -2.31. The summed E-state index contributed by atoms with van der Waals surface area (Å²) in [5.74, 6) is 0.0463. The Balaban J connectivity index is 1.49. The van der Waals surface area contributed by atoms with Gasteiger partial charge in [0.2, 0.25) is 0 Å². The molecule has 0 aliphatic heterocycles. The lowest BCUT2D eigenvalue weighted by Crippen LogP contribution is -2.26. The highest BCUT2D eigenvalue weighted by molar-refractivity contribution is 5.93. The van der Waals surface area contributed by atoms with Crippen LogP contribution in [-0.2, 0) is 19.3 Å². The third kappa shape index (κ3) is 3.27. The Bertz CT molecular complexity index is 1110. The summed E-state index contributed by atoms with van der Waals surface area (Å²) in [5.41, 5.74) is 9.04. The van der Waals surface area contributed by atoms with Crippen LogP contribution in [0.25, 0.3) is 6.08 Å². The number of benzene rings is 3. The second-order valence-electron chi connectivity index (χ2n) is 8.79. The van der Waals surface area contributed by atoms with Crippen LogP contribution in [0.4, 0.5) is 0 Å². The summed E-state index contributed by atoms with van der Waals surface area (Å²) in [4.78, 5) is 13.9. The number of hydrogen-bond donors (Lipinski definition) is 0. The van der Waals surface area contributed by atoms with E-state index in [4.69, 9.17) is 0 Å². The predicted molar refractivity (Wildman–Crippen MR) is 122 cm³/mol. The van der Waals surface area contributed by atoms with Gasteiger partial charge in [-0.2, -0.15) is 0 Å². The first-order chi connectivity index (χ1) is 14.5. The van der Waals surface area contributed by atoms with Crippen molar-refractivity contribution in [2.75, 3.05) is 14.1 Å². The Morgan fingerprint density at radius 2 is 1.53 bits per heavy atom. The molecule has 0 N–H and O–H groups in total. The molecule has 0 aromatic heterocycles. The van der Waals surface area contributed by atoms with Crippen LogP contribution in [0.15, 0.2) is 78.4 Å². The highest BCUT2D eigenvalue weighted by Gasteiger charge is 2.41. The van der Waals surface area contributed by atoms with Gasteiger partial charge in [-0.05, 0) is 59.2 Å². The average Bonchev–Trinajstić information content (AvgIpc) is 3.35. The molecule has 2 nitrogen and oxygen atoms in total. The fraction of sp³-hybridized carbons (Fsp3) is 0.214. The van der Waals surface area contributed by atoms with Crippen LogP contribution in [0.2, 0.25) is 0 Å². The van der Waals surface area contributed by atoms with Gasteiger partial charge in [0.05, 0.1) is 0 Å². The molecule has 0 bridgehead atoms. The summed E-state index contributed by atoms with van der Waals surface area (Å²) in [7, 11) is 3.58. The van der Waals surface area contributed by atoms with E-state index in [9.17, 15) is 4.79 Å². The fourth-order valence-corrected chi connectivity index (χ4v) is 4.95. The highest BCUT2D eigenvalue weighted by atomic mass is 16.2. The van der Waals surface area contributed by atoms with Crippen molar-refractivity contribution in [3.05, 3.63) is 118 Å². The maximum absolute atomic E-state index is 12.3. The first-order valence-electron chi connectivity index (χ1n) is 10.6. The molecule has 1 amide bonds. The predicted octanol–water partition coefficient (Wildman–Crippen LogP) is 5.37. The molecule has 0 fully saturated rings. The molecule has 2 aliphatic rings. The molecule has 30 heavy (non-hydrogen) atoms. The first kappa shape index (κ1) is 18.9. The second-order valence-corrected chi connectivity index (χ2v) is 8.79. The van der Waals surface area contributed by atoms with Crippen molar-refractivity contribution in [2.24, 2.45) is 5.41 Å². The van der Waals surface area contributed by atoms with E-state index in [1.807, 2.05) is 12.1 Å². The number of fused-ring (bicyclic) bond motifs is 2. The molecule has 5 rings (SSSR count). The van der Waals surface area contributed by atoms with Gasteiger partial charge in [-0.25, -0.2) is 0 Å². The highest BCUT2D eigenvalue weighted by Crippen LogP contribution is 2.50. The van der Waals surface area contributed by atoms with Crippen LogP contribution in [0, 0.1) is 11.8 Å². The second kappa shape index (κ2) is 7.28. The van der Waals surface area contributed by atoms with E-state index in [1.165, 1.54) is 33.4 Å². The maximum atomic E-state index is 12.3. The standard InChI is InChI=1S/C28H26NO/c1-29(2)27(30)21-13-11-20(12-14-21)17-28(18-24-9-5-6-10-25(24)19-28)26-15-22-7-3-4-8-23(22)16-26/h3-15,18H,16-17,19H2,1-2H3/t28-/m1/s1. The molecule has 3 aromatic rings. The van der Waals surface area contributed by atoms with Gasteiger partial charge in [-0.15, -0.1) is 0 Å². The van der Waals surface area contributed by atoms with Crippen LogP contribution in [0.5, 0.6) is 0 Å². The van der Waals surface area contributed by atoms with E-state index >= 15 is 0 Å². The van der Waals surface area contributed by atoms with Crippen molar-refractivity contribution in [3.8, 4) is 0 Å². The Hall–Kier alpha value is -3.13. The Morgan fingerprint density at radius 3 is 2.20 bits per heavy atom. The summed E-state index contributed by atoms with van der Waals surface area (Å²) in [5, 5.41) is 0. The zero-order valence-corrected chi connectivity index (χ0v) is 17.6. The molecule has 0 unspecified atom stereocenters. The van der Waals surface area contributed by atoms with E-state index in [0.717, 1.165) is 24.8 Å². The molecule has 2 heteroatoms. The van der Waals surface area contributed by atoms with Gasteiger partial charge in [0.1, 0.15) is 0 Å². The van der Waals surface area contributed by atoms with Gasteiger partial charge in [0.15, 0.2) is 0 Å². The van der Waals surface area contributed by atoms with Crippen LogP contribution in [0.1, 0.15) is 38.2 Å². The molecule has 0 heterocycles. The zero-order valence-electron chi connectivity index (χ0n) is 17.6. The number of allylic oxidation sites excluding steroid dienone is 1. The normalized spacial score (nSPS) is 16.0. The Morgan fingerprint density at radius 1 is 0.867 bits per heavy atom. The summed E-state index contributed by atoms with van der Waals surface area (Å²) in [6.07, 6.45) is 7.87. The zero-order chi connectivity index (χ0) is 20.7. The van der Waals surface area contributed by atoms with Crippen molar-refractivity contribution in [2.45, 2.75) is 19.3 Å². The van der Waals surface area contributed by atoms with Gasteiger partial charge in [0.25, 0.3) is 5.91 Å². The van der Waals surface area contributed by atoms with Gasteiger partial charge >= 0.3 is 0 Å². The fourth-order valence-electron chi connectivity index (χ4n) is 4.95. The van der Waals surface area contributed by atoms with E-state index in [1.54, 1.807) is 19.0 Å².